The first-order valence-corrected chi connectivity index (χ1v) is 11.4. The van der Waals surface area contributed by atoms with Crippen LogP contribution in [0.3, 0.4) is 0 Å². The van der Waals surface area contributed by atoms with E-state index in [0.29, 0.717) is 12.3 Å². The van der Waals surface area contributed by atoms with Crippen molar-refractivity contribution in [3.8, 4) is 21.1 Å². The molecule has 1 N–H and O–H groups in total. The van der Waals surface area contributed by atoms with Crippen LogP contribution in [0.4, 0.5) is 0 Å². The van der Waals surface area contributed by atoms with Crippen molar-refractivity contribution in [2.45, 2.75) is 46.0 Å². The second kappa shape index (κ2) is 8.53. The summed E-state index contributed by atoms with van der Waals surface area (Å²) in [6.45, 7) is 8.21. The molecule has 0 bridgehead atoms. The number of aryl methyl sites for hydroxylation is 1. The summed E-state index contributed by atoms with van der Waals surface area (Å²) in [5.41, 5.74) is 3.44. The van der Waals surface area contributed by atoms with Gasteiger partial charge >= 0.3 is 0 Å². The zero-order chi connectivity index (χ0) is 21.3. The van der Waals surface area contributed by atoms with Gasteiger partial charge in [-0.1, -0.05) is 43.4 Å². The van der Waals surface area contributed by atoms with Crippen LogP contribution in [0, 0.1) is 6.92 Å². The molecule has 1 unspecified atom stereocenters. The largest absolute Gasteiger partial charge is 0.326 e. The van der Waals surface area contributed by atoms with Crippen molar-refractivity contribution in [3.63, 3.8) is 0 Å². The van der Waals surface area contributed by atoms with E-state index in [1.807, 2.05) is 31.3 Å². The predicted molar refractivity (Wildman–Crippen MR) is 120 cm³/mol. The standard InChI is InChI=1S/C21H22N6OS2/c1-11(2)18-24-27-21(29-18)15-8-16(23-17(28)9-15)7-12(3)19-25-26-20(30-19)14-6-5-13(4)22-10-14/h5-6,8-12H,7H2,1-4H3,(H,23,28). The van der Waals surface area contributed by atoms with Gasteiger partial charge < -0.3 is 4.98 Å². The van der Waals surface area contributed by atoms with Gasteiger partial charge in [0.05, 0.1) is 0 Å². The number of rotatable bonds is 6. The lowest BCUT2D eigenvalue weighted by molar-refractivity contribution is 0.720. The van der Waals surface area contributed by atoms with Crippen LogP contribution >= 0.6 is 22.7 Å². The fourth-order valence-electron chi connectivity index (χ4n) is 2.98. The number of pyridine rings is 2. The average molecular weight is 439 g/mol. The minimum Gasteiger partial charge on any atom is -0.326 e. The number of H-pyrrole nitrogens is 1. The number of nitrogens with one attached hydrogen (secondary N) is 1. The number of hydrogen-bond acceptors (Lipinski definition) is 8. The Kier molecular flexibility index (Phi) is 5.83. The molecule has 154 valence electrons. The summed E-state index contributed by atoms with van der Waals surface area (Å²) in [5, 5.41) is 20.7. The molecule has 0 spiro atoms. The molecule has 0 saturated heterocycles. The Morgan fingerprint density at radius 2 is 1.63 bits per heavy atom. The van der Waals surface area contributed by atoms with Gasteiger partial charge in [-0.2, -0.15) is 0 Å². The Morgan fingerprint density at radius 1 is 0.933 bits per heavy atom. The highest BCUT2D eigenvalue weighted by Crippen LogP contribution is 2.30. The summed E-state index contributed by atoms with van der Waals surface area (Å²) in [6.07, 6.45) is 2.47. The topological polar surface area (TPSA) is 97.3 Å². The van der Waals surface area contributed by atoms with Gasteiger partial charge in [0, 0.05) is 46.6 Å². The van der Waals surface area contributed by atoms with Gasteiger partial charge in [-0.15, -0.1) is 20.4 Å². The van der Waals surface area contributed by atoms with Crippen LogP contribution in [0.25, 0.3) is 21.1 Å². The summed E-state index contributed by atoms with van der Waals surface area (Å²) in [5.74, 6) is 0.425. The van der Waals surface area contributed by atoms with Crippen molar-refractivity contribution in [3.05, 3.63) is 62.2 Å². The van der Waals surface area contributed by atoms with E-state index in [1.54, 1.807) is 17.4 Å². The van der Waals surface area contributed by atoms with Crippen LogP contribution in [0.5, 0.6) is 0 Å². The van der Waals surface area contributed by atoms with E-state index in [-0.39, 0.29) is 11.5 Å². The van der Waals surface area contributed by atoms with Crippen LogP contribution < -0.4 is 5.56 Å². The smallest absolute Gasteiger partial charge is 0.248 e. The van der Waals surface area contributed by atoms with Crippen molar-refractivity contribution in [2.75, 3.05) is 0 Å². The first kappa shape index (κ1) is 20.5. The van der Waals surface area contributed by atoms with E-state index in [4.69, 9.17) is 0 Å². The number of aromatic nitrogens is 6. The molecule has 4 aromatic heterocycles. The van der Waals surface area contributed by atoms with Crippen LogP contribution in [0.2, 0.25) is 0 Å². The predicted octanol–water partition coefficient (Wildman–Crippen LogP) is 4.58. The molecule has 0 aliphatic rings. The third kappa shape index (κ3) is 4.52. The molecule has 7 nitrogen and oxygen atoms in total. The summed E-state index contributed by atoms with van der Waals surface area (Å²) < 4.78 is 0. The van der Waals surface area contributed by atoms with Gasteiger partial charge in [-0.05, 0) is 31.5 Å². The first-order chi connectivity index (χ1) is 14.4. The molecular formula is C21H22N6OS2. The van der Waals surface area contributed by atoms with Gasteiger partial charge in [0.25, 0.3) is 0 Å². The lowest BCUT2D eigenvalue weighted by Gasteiger charge is -2.08. The van der Waals surface area contributed by atoms with Crippen LogP contribution in [0.15, 0.2) is 35.3 Å². The molecule has 4 rings (SSSR count). The summed E-state index contributed by atoms with van der Waals surface area (Å²) >= 11 is 3.08. The molecule has 0 aromatic carbocycles. The molecule has 0 aliphatic carbocycles. The highest BCUT2D eigenvalue weighted by atomic mass is 32.1. The number of aromatic amines is 1. The normalized spacial score (nSPS) is 12.4. The molecule has 0 saturated carbocycles. The molecule has 30 heavy (non-hydrogen) atoms. The Bertz CT molecular complexity index is 1210. The summed E-state index contributed by atoms with van der Waals surface area (Å²) in [6, 6.07) is 7.53. The van der Waals surface area contributed by atoms with Crippen molar-refractivity contribution in [2.24, 2.45) is 0 Å². The fraction of sp³-hybridized carbons (Fsp3) is 0.333. The fourth-order valence-corrected chi connectivity index (χ4v) is 4.70. The Labute approximate surface area is 182 Å². The van der Waals surface area contributed by atoms with Crippen molar-refractivity contribution in [1.82, 2.24) is 30.4 Å². The molecule has 4 heterocycles. The first-order valence-electron chi connectivity index (χ1n) is 9.72. The van der Waals surface area contributed by atoms with Gasteiger partial charge in [0.15, 0.2) is 0 Å². The maximum absolute atomic E-state index is 12.2. The SMILES string of the molecule is Cc1ccc(-c2nnc(C(C)Cc3cc(-c4nnc(C(C)C)s4)cc(=O)[nH]3)s2)cn1. The molecule has 4 aromatic rings. The van der Waals surface area contributed by atoms with Crippen molar-refractivity contribution < 1.29 is 0 Å². The Balaban J connectivity index is 1.54. The Hall–Kier alpha value is -2.78. The molecule has 9 heteroatoms. The third-order valence-electron chi connectivity index (χ3n) is 4.63. The van der Waals surface area contributed by atoms with E-state index < -0.39 is 0 Å². The molecular weight excluding hydrogens is 416 g/mol. The zero-order valence-electron chi connectivity index (χ0n) is 17.2. The summed E-state index contributed by atoms with van der Waals surface area (Å²) in [4.78, 5) is 19.5. The van der Waals surface area contributed by atoms with E-state index in [2.05, 4.69) is 51.1 Å². The van der Waals surface area contributed by atoms with Gasteiger partial charge in [0.1, 0.15) is 20.0 Å². The highest BCUT2D eigenvalue weighted by Gasteiger charge is 2.16. The zero-order valence-corrected chi connectivity index (χ0v) is 18.8. The monoisotopic (exact) mass is 438 g/mol. The van der Waals surface area contributed by atoms with E-state index in [1.165, 1.54) is 11.3 Å². The van der Waals surface area contributed by atoms with E-state index in [0.717, 1.165) is 42.5 Å². The van der Waals surface area contributed by atoms with Gasteiger partial charge in [0.2, 0.25) is 5.56 Å². The minimum atomic E-state index is -0.139. The van der Waals surface area contributed by atoms with Crippen LogP contribution in [-0.4, -0.2) is 30.4 Å². The van der Waals surface area contributed by atoms with Crippen molar-refractivity contribution in [1.29, 1.82) is 0 Å². The highest BCUT2D eigenvalue weighted by molar-refractivity contribution is 7.15. The summed E-state index contributed by atoms with van der Waals surface area (Å²) in [7, 11) is 0. The van der Waals surface area contributed by atoms with E-state index >= 15 is 0 Å². The molecule has 0 amide bonds. The molecule has 0 aliphatic heterocycles. The number of hydrogen-bond donors (Lipinski definition) is 1. The molecule has 1 atom stereocenters. The van der Waals surface area contributed by atoms with Crippen molar-refractivity contribution >= 4 is 22.7 Å². The second-order valence-corrected chi connectivity index (χ2v) is 9.62. The third-order valence-corrected chi connectivity index (χ3v) is 7.10. The number of nitrogens with zero attached hydrogens (tertiary/aromatic N) is 5. The maximum atomic E-state index is 12.2. The van der Waals surface area contributed by atoms with Gasteiger partial charge in [-0.3, -0.25) is 9.78 Å². The minimum absolute atomic E-state index is 0.112. The maximum Gasteiger partial charge on any atom is 0.248 e. The van der Waals surface area contributed by atoms with E-state index in [9.17, 15) is 4.79 Å². The Morgan fingerprint density at radius 3 is 2.30 bits per heavy atom. The van der Waals surface area contributed by atoms with Crippen LogP contribution in [-0.2, 0) is 6.42 Å². The second-order valence-electron chi connectivity index (χ2n) is 7.60. The van der Waals surface area contributed by atoms with Crippen LogP contribution in [0.1, 0.15) is 54.0 Å². The van der Waals surface area contributed by atoms with Gasteiger partial charge in [-0.25, -0.2) is 0 Å². The quantitative estimate of drug-likeness (QED) is 0.473. The lowest BCUT2D eigenvalue weighted by Crippen LogP contribution is -2.10. The molecule has 0 fully saturated rings. The lowest BCUT2D eigenvalue weighted by atomic mass is 10.0. The molecule has 0 radical (unpaired) electrons. The average Bonchev–Trinajstić information content (AvgIpc) is 3.38.